The number of thioether (sulfide) groups is 1. The summed E-state index contributed by atoms with van der Waals surface area (Å²) in [5.41, 5.74) is 2.37. The van der Waals surface area contributed by atoms with E-state index in [1.54, 1.807) is 29.4 Å². The molecule has 0 N–H and O–H groups in total. The summed E-state index contributed by atoms with van der Waals surface area (Å²) in [4.78, 5) is 20.2. The molecule has 0 atom stereocenters. The molecule has 1 fully saturated rings. The van der Waals surface area contributed by atoms with E-state index in [2.05, 4.69) is 22.3 Å². The monoisotopic (exact) mass is 308 g/mol. The molecular formula is C14H16N2O2S2. The quantitative estimate of drug-likeness (QED) is 0.481. The van der Waals surface area contributed by atoms with Gasteiger partial charge in [-0.2, -0.15) is 0 Å². The van der Waals surface area contributed by atoms with Gasteiger partial charge in [0.15, 0.2) is 0 Å². The fourth-order valence-electron chi connectivity index (χ4n) is 2.20. The molecule has 3 rings (SSSR count). The molecule has 1 saturated carbocycles. The van der Waals surface area contributed by atoms with Crippen molar-refractivity contribution in [2.45, 2.75) is 31.2 Å². The zero-order valence-corrected chi connectivity index (χ0v) is 13.1. The molecular weight excluding hydrogens is 292 g/mol. The second kappa shape index (κ2) is 5.33. The number of aromatic nitrogens is 2. The van der Waals surface area contributed by atoms with E-state index in [4.69, 9.17) is 4.74 Å². The highest BCUT2D eigenvalue weighted by molar-refractivity contribution is 7.99. The van der Waals surface area contributed by atoms with Crippen molar-refractivity contribution in [3.63, 3.8) is 0 Å². The summed E-state index contributed by atoms with van der Waals surface area (Å²) in [7, 11) is 1.45. The smallest absolute Gasteiger partial charge is 0.306 e. The minimum atomic E-state index is -0.108. The van der Waals surface area contributed by atoms with Crippen LogP contribution in [0.25, 0.3) is 10.2 Å². The second-order valence-electron chi connectivity index (χ2n) is 5.32. The molecule has 0 unspecified atom stereocenters. The van der Waals surface area contributed by atoms with E-state index in [-0.39, 0.29) is 11.4 Å². The van der Waals surface area contributed by atoms with E-state index < -0.39 is 0 Å². The maximum Gasteiger partial charge on any atom is 0.306 e. The molecule has 0 bridgehead atoms. The van der Waals surface area contributed by atoms with Crippen molar-refractivity contribution in [1.82, 2.24) is 9.97 Å². The van der Waals surface area contributed by atoms with E-state index in [0.29, 0.717) is 6.42 Å². The SMILES string of the molecule is COC(=O)CC1(CSc2ncnc3c(C)csc23)CC1. The Hall–Kier alpha value is -1.14. The van der Waals surface area contributed by atoms with Gasteiger partial charge in [0.1, 0.15) is 11.4 Å². The van der Waals surface area contributed by atoms with Gasteiger partial charge in [0.25, 0.3) is 0 Å². The van der Waals surface area contributed by atoms with Crippen LogP contribution in [0.5, 0.6) is 0 Å². The summed E-state index contributed by atoms with van der Waals surface area (Å²) in [5.74, 6) is 0.813. The first-order valence-electron chi connectivity index (χ1n) is 6.52. The van der Waals surface area contributed by atoms with Crippen LogP contribution in [0, 0.1) is 12.3 Å². The Morgan fingerprint density at radius 1 is 1.50 bits per heavy atom. The predicted molar refractivity (Wildman–Crippen MR) is 81.2 cm³/mol. The van der Waals surface area contributed by atoms with Gasteiger partial charge in [0, 0.05) is 5.75 Å². The molecule has 0 radical (unpaired) electrons. The number of carbonyl (C=O) groups is 1. The van der Waals surface area contributed by atoms with Gasteiger partial charge in [-0.1, -0.05) is 0 Å². The Morgan fingerprint density at radius 2 is 2.30 bits per heavy atom. The Morgan fingerprint density at radius 3 is 3.00 bits per heavy atom. The first kappa shape index (κ1) is 13.8. The lowest BCUT2D eigenvalue weighted by molar-refractivity contribution is -0.141. The van der Waals surface area contributed by atoms with Crippen LogP contribution in [0.1, 0.15) is 24.8 Å². The van der Waals surface area contributed by atoms with Crippen molar-refractivity contribution < 1.29 is 9.53 Å². The van der Waals surface area contributed by atoms with Gasteiger partial charge in [-0.05, 0) is 36.1 Å². The zero-order chi connectivity index (χ0) is 14.2. The Balaban J connectivity index is 1.73. The van der Waals surface area contributed by atoms with Crippen LogP contribution in [0.2, 0.25) is 0 Å². The number of carbonyl (C=O) groups excluding carboxylic acids is 1. The molecule has 0 spiro atoms. The molecule has 1 aliphatic rings. The van der Waals surface area contributed by atoms with Crippen molar-refractivity contribution in [3.05, 3.63) is 17.3 Å². The van der Waals surface area contributed by atoms with Crippen molar-refractivity contribution >= 4 is 39.3 Å². The largest absolute Gasteiger partial charge is 0.469 e. The maximum absolute atomic E-state index is 11.4. The Bertz CT molecular complexity index is 650. The van der Waals surface area contributed by atoms with E-state index in [1.807, 2.05) is 0 Å². The zero-order valence-electron chi connectivity index (χ0n) is 11.5. The molecule has 0 saturated heterocycles. The number of methoxy groups -OCH3 is 1. The number of hydrogen-bond donors (Lipinski definition) is 0. The van der Waals surface area contributed by atoms with Crippen LogP contribution in [0.3, 0.4) is 0 Å². The minimum Gasteiger partial charge on any atom is -0.469 e. The number of thiophene rings is 1. The van der Waals surface area contributed by atoms with Crippen LogP contribution in [0.4, 0.5) is 0 Å². The summed E-state index contributed by atoms with van der Waals surface area (Å²) in [6, 6.07) is 0. The molecule has 2 aromatic rings. The molecule has 6 heteroatoms. The van der Waals surface area contributed by atoms with E-state index >= 15 is 0 Å². The van der Waals surface area contributed by atoms with Gasteiger partial charge < -0.3 is 4.74 Å². The van der Waals surface area contributed by atoms with Crippen molar-refractivity contribution in [3.8, 4) is 0 Å². The van der Waals surface area contributed by atoms with Crippen LogP contribution in [-0.4, -0.2) is 28.8 Å². The topological polar surface area (TPSA) is 52.1 Å². The van der Waals surface area contributed by atoms with Gasteiger partial charge in [-0.25, -0.2) is 9.97 Å². The van der Waals surface area contributed by atoms with Crippen LogP contribution >= 0.6 is 23.1 Å². The lowest BCUT2D eigenvalue weighted by Crippen LogP contribution is -2.13. The summed E-state index contributed by atoms with van der Waals surface area (Å²) >= 11 is 3.43. The molecule has 0 aliphatic heterocycles. The van der Waals surface area contributed by atoms with Crippen LogP contribution in [0.15, 0.2) is 16.7 Å². The molecule has 2 heterocycles. The van der Waals surface area contributed by atoms with Crippen molar-refractivity contribution in [2.24, 2.45) is 5.41 Å². The average Bonchev–Trinajstić information content (AvgIpc) is 3.12. The average molecular weight is 308 g/mol. The molecule has 0 aromatic carbocycles. The number of rotatable bonds is 5. The highest BCUT2D eigenvalue weighted by Gasteiger charge is 2.44. The third-order valence-corrected chi connectivity index (χ3v) is 6.28. The van der Waals surface area contributed by atoms with Crippen LogP contribution in [-0.2, 0) is 9.53 Å². The molecule has 1 aliphatic carbocycles. The van der Waals surface area contributed by atoms with Gasteiger partial charge >= 0.3 is 5.97 Å². The fourth-order valence-corrected chi connectivity index (χ4v) is 4.59. The highest BCUT2D eigenvalue weighted by atomic mass is 32.2. The number of nitrogens with zero attached hydrogens (tertiary/aromatic N) is 2. The summed E-state index contributed by atoms with van der Waals surface area (Å²) in [6.07, 6.45) is 4.36. The Kier molecular flexibility index (Phi) is 3.69. The number of ether oxygens (including phenoxy) is 1. The summed E-state index contributed by atoms with van der Waals surface area (Å²) < 4.78 is 5.94. The first-order valence-corrected chi connectivity index (χ1v) is 8.38. The predicted octanol–water partition coefficient (Wildman–Crippen LogP) is 3.44. The number of fused-ring (bicyclic) bond motifs is 1. The third-order valence-electron chi connectivity index (χ3n) is 3.72. The van der Waals surface area contributed by atoms with Gasteiger partial charge in [-0.3, -0.25) is 4.79 Å². The van der Waals surface area contributed by atoms with Crippen molar-refractivity contribution in [2.75, 3.05) is 12.9 Å². The fraction of sp³-hybridized carbons (Fsp3) is 0.500. The van der Waals surface area contributed by atoms with Gasteiger partial charge in [0.05, 0.1) is 23.7 Å². The van der Waals surface area contributed by atoms with E-state index in [1.165, 1.54) is 12.7 Å². The number of esters is 1. The van der Waals surface area contributed by atoms with Gasteiger partial charge in [0.2, 0.25) is 0 Å². The van der Waals surface area contributed by atoms with Crippen LogP contribution < -0.4 is 0 Å². The normalized spacial score (nSPS) is 16.3. The summed E-state index contributed by atoms with van der Waals surface area (Å²) in [6.45, 7) is 2.07. The third kappa shape index (κ3) is 2.67. The highest BCUT2D eigenvalue weighted by Crippen LogP contribution is 2.52. The first-order chi connectivity index (χ1) is 9.63. The lowest BCUT2D eigenvalue weighted by Gasteiger charge is -2.12. The van der Waals surface area contributed by atoms with Gasteiger partial charge in [-0.15, -0.1) is 23.1 Å². The van der Waals surface area contributed by atoms with E-state index in [0.717, 1.165) is 33.8 Å². The molecule has 20 heavy (non-hydrogen) atoms. The van der Waals surface area contributed by atoms with Crippen molar-refractivity contribution in [1.29, 1.82) is 0 Å². The minimum absolute atomic E-state index is 0.108. The molecule has 0 amide bonds. The van der Waals surface area contributed by atoms with E-state index in [9.17, 15) is 4.79 Å². The number of aryl methyl sites for hydroxylation is 1. The lowest BCUT2D eigenvalue weighted by atomic mass is 10.1. The maximum atomic E-state index is 11.4. The standard InChI is InChI=1S/C14H16N2O2S2/c1-9-6-19-12-11(9)15-8-16-13(12)20-7-14(3-4-14)5-10(17)18-2/h6,8H,3-5,7H2,1-2H3. The number of hydrogen-bond acceptors (Lipinski definition) is 6. The Labute approximate surface area is 126 Å². The molecule has 2 aromatic heterocycles. The summed E-state index contributed by atoms with van der Waals surface area (Å²) in [5, 5.41) is 3.15. The molecule has 4 nitrogen and oxygen atoms in total. The molecule has 106 valence electrons. The second-order valence-corrected chi connectivity index (χ2v) is 7.16.